The van der Waals surface area contributed by atoms with Crippen LogP contribution in [0.25, 0.3) is 94.0 Å². The number of aromatic nitrogens is 5. The highest BCUT2D eigenvalue weighted by Crippen LogP contribution is 2.44. The van der Waals surface area contributed by atoms with Crippen molar-refractivity contribution >= 4 is 49.1 Å². The van der Waals surface area contributed by atoms with Crippen LogP contribution in [-0.2, 0) is 0 Å². The van der Waals surface area contributed by atoms with Crippen molar-refractivity contribution in [3.8, 4) is 44.9 Å². The quantitative estimate of drug-likeness (QED) is 0.183. The van der Waals surface area contributed by atoms with Crippen molar-refractivity contribution in [2.75, 3.05) is 0 Å². The van der Waals surface area contributed by atoms with Crippen LogP contribution in [0.15, 0.2) is 164 Å². The van der Waals surface area contributed by atoms with E-state index in [1.54, 1.807) is 0 Å². The van der Waals surface area contributed by atoms with Gasteiger partial charge in [0.1, 0.15) is 11.2 Å². The van der Waals surface area contributed by atoms with Crippen molar-refractivity contribution in [2.45, 2.75) is 0 Å². The monoisotopic (exact) mass is 625 g/mol. The summed E-state index contributed by atoms with van der Waals surface area (Å²) >= 11 is 0. The van der Waals surface area contributed by atoms with Gasteiger partial charge in [-0.25, -0.2) is 15.0 Å². The van der Waals surface area contributed by atoms with Gasteiger partial charge in [0.15, 0.2) is 0 Å². The molecule has 0 saturated heterocycles. The van der Waals surface area contributed by atoms with Gasteiger partial charge in [-0.3, -0.25) is 9.38 Å². The van der Waals surface area contributed by atoms with Crippen LogP contribution in [0.2, 0.25) is 0 Å². The summed E-state index contributed by atoms with van der Waals surface area (Å²) in [6.45, 7) is 0. The van der Waals surface area contributed by atoms with E-state index in [9.17, 15) is 0 Å². The number of rotatable bonds is 4. The van der Waals surface area contributed by atoms with Crippen molar-refractivity contribution < 1.29 is 0 Å². The molecule has 0 saturated carbocycles. The van der Waals surface area contributed by atoms with Gasteiger partial charge >= 0.3 is 0 Å². The van der Waals surface area contributed by atoms with E-state index in [0.29, 0.717) is 0 Å². The molecule has 0 spiro atoms. The van der Waals surface area contributed by atoms with E-state index in [1.165, 1.54) is 16.3 Å². The molecule has 228 valence electrons. The summed E-state index contributed by atoms with van der Waals surface area (Å²) in [5, 5.41) is 5.69. The van der Waals surface area contributed by atoms with Crippen LogP contribution in [0.5, 0.6) is 0 Å². The van der Waals surface area contributed by atoms with Gasteiger partial charge in [0.05, 0.1) is 28.1 Å². The summed E-state index contributed by atoms with van der Waals surface area (Å²) in [6, 6.07) is 50.8. The average molecular weight is 626 g/mol. The lowest BCUT2D eigenvalue weighted by atomic mass is 9.87. The van der Waals surface area contributed by atoms with Crippen LogP contribution in [0.4, 0.5) is 0 Å². The van der Waals surface area contributed by atoms with E-state index in [2.05, 4.69) is 131 Å². The molecule has 49 heavy (non-hydrogen) atoms. The van der Waals surface area contributed by atoms with Crippen LogP contribution in [0, 0.1) is 0 Å². The van der Waals surface area contributed by atoms with Gasteiger partial charge < -0.3 is 0 Å². The lowest BCUT2D eigenvalue weighted by Gasteiger charge is -2.18. The Morgan fingerprint density at radius 2 is 1.10 bits per heavy atom. The third kappa shape index (κ3) is 4.33. The Morgan fingerprint density at radius 1 is 0.429 bits per heavy atom. The molecule has 5 heteroatoms. The summed E-state index contributed by atoms with van der Waals surface area (Å²) in [6.07, 6.45) is 5.70. The van der Waals surface area contributed by atoms with Gasteiger partial charge in [-0.2, -0.15) is 0 Å². The van der Waals surface area contributed by atoms with E-state index in [1.807, 2.05) is 42.7 Å². The van der Waals surface area contributed by atoms with E-state index in [0.717, 1.165) is 77.7 Å². The number of hydrogen-bond acceptors (Lipinski definition) is 4. The van der Waals surface area contributed by atoms with Crippen LogP contribution in [0.3, 0.4) is 0 Å². The second kappa shape index (κ2) is 10.9. The van der Waals surface area contributed by atoms with Gasteiger partial charge in [0.2, 0.25) is 0 Å². The molecule has 0 N–H and O–H groups in total. The highest BCUT2D eigenvalue weighted by atomic mass is 15.0. The first-order chi connectivity index (χ1) is 24.3. The molecule has 5 aromatic heterocycles. The number of hydrogen-bond donors (Lipinski definition) is 0. The molecule has 0 radical (unpaired) electrons. The minimum atomic E-state index is 0.899. The highest BCUT2D eigenvalue weighted by molar-refractivity contribution is 6.22. The fraction of sp³-hybridized carbons (Fsp3) is 0. The van der Waals surface area contributed by atoms with E-state index in [-0.39, 0.29) is 0 Å². The molecule has 0 atom stereocenters. The minimum absolute atomic E-state index is 0.899. The largest absolute Gasteiger partial charge is 0.298 e. The van der Waals surface area contributed by atoms with Crippen molar-refractivity contribution in [2.24, 2.45) is 0 Å². The number of nitrogens with zero attached hydrogens (tertiary/aromatic N) is 5. The zero-order valence-electron chi connectivity index (χ0n) is 26.3. The number of imidazole rings is 1. The zero-order valence-corrected chi connectivity index (χ0v) is 26.3. The molecule has 5 aromatic carbocycles. The second-order valence-electron chi connectivity index (χ2n) is 12.3. The molecular weight excluding hydrogens is 599 g/mol. The zero-order chi connectivity index (χ0) is 32.3. The highest BCUT2D eigenvalue weighted by Gasteiger charge is 2.20. The Balaban J connectivity index is 1.26. The number of benzene rings is 5. The number of fused-ring (bicyclic) bond motifs is 7. The Bertz CT molecular complexity index is 2820. The fourth-order valence-electron chi connectivity index (χ4n) is 7.33. The molecule has 5 heterocycles. The molecule has 0 aliphatic heterocycles. The lowest BCUT2D eigenvalue weighted by molar-refractivity contribution is 1.22. The molecule has 0 fully saturated rings. The van der Waals surface area contributed by atoms with Crippen LogP contribution in [-0.4, -0.2) is 24.3 Å². The first-order valence-electron chi connectivity index (χ1n) is 16.4. The molecule has 10 aromatic rings. The Morgan fingerprint density at radius 3 is 1.86 bits per heavy atom. The van der Waals surface area contributed by atoms with Crippen molar-refractivity contribution in [3.05, 3.63) is 164 Å². The van der Waals surface area contributed by atoms with Gasteiger partial charge in [-0.15, -0.1) is 0 Å². The third-order valence-electron chi connectivity index (χ3n) is 9.49. The predicted octanol–water partition coefficient (Wildman–Crippen LogP) is 10.8. The molecule has 0 aliphatic rings. The molecular formula is C44H27N5. The second-order valence-corrected chi connectivity index (χ2v) is 12.3. The van der Waals surface area contributed by atoms with Crippen LogP contribution in [0.1, 0.15) is 0 Å². The Hall–Kier alpha value is -6.72. The maximum absolute atomic E-state index is 5.27. The maximum atomic E-state index is 5.27. The maximum Gasteiger partial charge on any atom is 0.137 e. The van der Waals surface area contributed by atoms with E-state index >= 15 is 0 Å². The van der Waals surface area contributed by atoms with Crippen molar-refractivity contribution in [1.82, 2.24) is 24.3 Å². The first kappa shape index (κ1) is 27.4. The summed E-state index contributed by atoms with van der Waals surface area (Å²) in [5.74, 6) is 0. The fourth-order valence-corrected chi connectivity index (χ4v) is 7.33. The van der Waals surface area contributed by atoms with E-state index < -0.39 is 0 Å². The lowest BCUT2D eigenvalue weighted by Crippen LogP contribution is -1.94. The topological polar surface area (TPSA) is 56.0 Å². The average Bonchev–Trinajstić information content (AvgIpc) is 3.57. The summed E-state index contributed by atoms with van der Waals surface area (Å²) in [5.41, 5.74) is 12.1. The van der Waals surface area contributed by atoms with Gasteiger partial charge in [-0.05, 0) is 81.2 Å². The normalized spacial score (nSPS) is 11.7. The minimum Gasteiger partial charge on any atom is -0.298 e. The molecule has 0 bridgehead atoms. The first-order valence-corrected chi connectivity index (χ1v) is 16.4. The third-order valence-corrected chi connectivity index (χ3v) is 9.49. The molecule has 0 unspecified atom stereocenters. The molecule has 0 aliphatic carbocycles. The standard InChI is InChI=1S/C44H27N5/c1-2-11-29(12-3-1)42-44-43(48-39-19-8-9-26-49(39)44)35-27-30(20-21-37(35)47-42)40-31-13-4-6-15-33(31)41(34-16-7-5-14-32(34)40)38-18-10-17-36(46-38)28-22-24-45-25-23-28/h1-27H. The van der Waals surface area contributed by atoms with Gasteiger partial charge in [0.25, 0.3) is 0 Å². The molecule has 0 amide bonds. The molecule has 10 rings (SSSR count). The summed E-state index contributed by atoms with van der Waals surface area (Å²) in [4.78, 5) is 19.9. The number of pyridine rings is 4. The van der Waals surface area contributed by atoms with Crippen molar-refractivity contribution in [1.29, 1.82) is 0 Å². The van der Waals surface area contributed by atoms with Gasteiger partial charge in [0, 0.05) is 40.7 Å². The smallest absolute Gasteiger partial charge is 0.137 e. The van der Waals surface area contributed by atoms with Gasteiger partial charge in [-0.1, -0.05) is 97.1 Å². The Kier molecular flexibility index (Phi) is 6.11. The molecule has 5 nitrogen and oxygen atoms in total. The predicted molar refractivity (Wildman–Crippen MR) is 200 cm³/mol. The summed E-state index contributed by atoms with van der Waals surface area (Å²) in [7, 11) is 0. The van der Waals surface area contributed by atoms with Crippen LogP contribution >= 0.6 is 0 Å². The van der Waals surface area contributed by atoms with Crippen LogP contribution < -0.4 is 0 Å². The Labute approximate surface area is 281 Å². The SMILES string of the molecule is c1ccc(-c2nc3ccc(-c4c5ccccc5c(-c5cccc(-c6ccncc6)n5)c5ccccc45)cc3c3nc4ccccn4c23)cc1. The van der Waals surface area contributed by atoms with Crippen molar-refractivity contribution in [3.63, 3.8) is 0 Å². The van der Waals surface area contributed by atoms with E-state index in [4.69, 9.17) is 15.0 Å². The summed E-state index contributed by atoms with van der Waals surface area (Å²) < 4.78 is 2.16.